The summed E-state index contributed by atoms with van der Waals surface area (Å²) in [6, 6.07) is 0. The molecule has 0 radical (unpaired) electrons. The standard InChI is InChI=1S/2C21H28O.C20H26O.2C5H8.C4H6/c2*1-9-18-11(2)13(4)19(14(5)12(18)3)10-20-15(6)16(7)21(22)17(20)8;1-10-11(2)13(4)18(14(5)12(10)3)9-19-15(6)16(7)20(21)17(19)8;2*1-3-5-4-2;1-3-4-2/h2*9-10H2,1-8H3;9H2,1-8H3;2*3H2,1-2H3;1-2H3. The third-order valence-electron chi connectivity index (χ3n) is 18.2. The number of hydrogen-bond donors (Lipinski definition) is 0. The van der Waals surface area contributed by atoms with Crippen LogP contribution in [0.5, 0.6) is 0 Å². The summed E-state index contributed by atoms with van der Waals surface area (Å²) in [5, 5.41) is 0. The Morgan fingerprint density at radius 2 is 0.430 bits per heavy atom. The molecular weight excluding hydrogens is 961 g/mol. The minimum Gasteiger partial charge on any atom is -0.289 e. The Bertz CT molecular complexity index is 3010. The van der Waals surface area contributed by atoms with Gasteiger partial charge < -0.3 is 0 Å². The van der Waals surface area contributed by atoms with Gasteiger partial charge in [-0.15, -0.1) is 35.5 Å². The first kappa shape index (κ1) is 70.8. The van der Waals surface area contributed by atoms with Gasteiger partial charge in [0.2, 0.25) is 0 Å². The van der Waals surface area contributed by atoms with Gasteiger partial charge in [-0.25, -0.2) is 0 Å². The largest absolute Gasteiger partial charge is 0.289 e. The van der Waals surface area contributed by atoms with E-state index in [9.17, 15) is 14.4 Å². The second-order valence-corrected chi connectivity index (χ2v) is 21.9. The molecule has 0 N–H and O–H groups in total. The fourth-order valence-corrected chi connectivity index (χ4v) is 11.3. The highest BCUT2D eigenvalue weighted by Crippen LogP contribution is 2.38. The Labute approximate surface area is 484 Å². The summed E-state index contributed by atoms with van der Waals surface area (Å²) in [6.07, 6.45) is 6.76. The number of carbonyl (C=O) groups excluding carboxylic acids is 3. The van der Waals surface area contributed by atoms with E-state index in [1.807, 2.05) is 83.1 Å². The summed E-state index contributed by atoms with van der Waals surface area (Å²) in [7, 11) is 0. The van der Waals surface area contributed by atoms with Gasteiger partial charge in [0.1, 0.15) is 0 Å². The molecule has 0 heterocycles. The number of benzene rings is 3. The molecule has 0 amide bonds. The van der Waals surface area contributed by atoms with Gasteiger partial charge in [0, 0.05) is 29.6 Å². The molecule has 426 valence electrons. The topological polar surface area (TPSA) is 51.2 Å². The lowest BCUT2D eigenvalue weighted by atomic mass is 9.84. The average Bonchev–Trinajstić information content (AvgIpc) is 3.82. The van der Waals surface area contributed by atoms with Crippen molar-refractivity contribution in [2.24, 2.45) is 0 Å². The molecule has 3 aromatic rings. The number of Topliss-reactive ketones (excluding diaryl/α,β-unsaturated/α-hetero) is 3. The van der Waals surface area contributed by atoms with Crippen LogP contribution in [0.2, 0.25) is 0 Å². The summed E-state index contributed by atoms with van der Waals surface area (Å²) >= 11 is 0. The highest BCUT2D eigenvalue weighted by molar-refractivity contribution is 6.13. The van der Waals surface area contributed by atoms with Crippen LogP contribution in [0.15, 0.2) is 66.9 Å². The van der Waals surface area contributed by atoms with Crippen molar-refractivity contribution >= 4 is 17.3 Å². The van der Waals surface area contributed by atoms with Gasteiger partial charge in [-0.1, -0.05) is 27.7 Å². The Hall–Kier alpha value is -6.21. The van der Waals surface area contributed by atoms with E-state index < -0.39 is 0 Å². The van der Waals surface area contributed by atoms with Gasteiger partial charge >= 0.3 is 0 Å². The van der Waals surface area contributed by atoms with Gasteiger partial charge in [-0.05, 0) is 362 Å². The fraction of sp³-hybridized carbons (Fsp3) is 0.487. The summed E-state index contributed by atoms with van der Waals surface area (Å²) in [5.41, 5.74) is 38.1. The molecule has 0 atom stereocenters. The van der Waals surface area contributed by atoms with E-state index in [2.05, 4.69) is 160 Å². The minimum absolute atomic E-state index is 0.221. The third-order valence-corrected chi connectivity index (χ3v) is 18.2. The Kier molecular flexibility index (Phi) is 28.8. The van der Waals surface area contributed by atoms with Crippen molar-refractivity contribution in [1.29, 1.82) is 0 Å². The first-order valence-electron chi connectivity index (χ1n) is 29.0. The average molecular weight is 1070 g/mol. The van der Waals surface area contributed by atoms with E-state index >= 15 is 0 Å². The van der Waals surface area contributed by atoms with E-state index in [1.165, 1.54) is 134 Å². The van der Waals surface area contributed by atoms with E-state index in [0.29, 0.717) is 0 Å². The maximum absolute atomic E-state index is 12.2. The van der Waals surface area contributed by atoms with Gasteiger partial charge in [-0.2, -0.15) is 0 Å². The minimum atomic E-state index is 0.221. The Balaban J connectivity index is 0.000000527. The number of allylic oxidation sites excluding steroid dienone is 12. The molecule has 0 spiro atoms. The molecule has 3 aliphatic rings. The first-order chi connectivity index (χ1) is 36.9. The zero-order valence-electron chi connectivity index (χ0n) is 55.7. The highest BCUT2D eigenvalue weighted by Gasteiger charge is 2.28. The van der Waals surface area contributed by atoms with Crippen LogP contribution in [0.3, 0.4) is 0 Å². The molecule has 6 rings (SSSR count). The zero-order valence-corrected chi connectivity index (χ0v) is 55.7. The van der Waals surface area contributed by atoms with Gasteiger partial charge in [-0.3, -0.25) is 14.4 Å². The van der Waals surface area contributed by atoms with E-state index in [0.717, 1.165) is 78.4 Å². The van der Waals surface area contributed by atoms with E-state index in [1.54, 1.807) is 0 Å². The van der Waals surface area contributed by atoms with E-state index in [4.69, 9.17) is 0 Å². The second kappa shape index (κ2) is 32.1. The van der Waals surface area contributed by atoms with Crippen LogP contribution >= 0.6 is 0 Å². The quantitative estimate of drug-likeness (QED) is 0.211. The van der Waals surface area contributed by atoms with Crippen molar-refractivity contribution < 1.29 is 14.4 Å². The molecule has 3 nitrogen and oxygen atoms in total. The zero-order chi connectivity index (χ0) is 61.2. The van der Waals surface area contributed by atoms with Crippen molar-refractivity contribution in [1.82, 2.24) is 0 Å². The Morgan fingerprint density at radius 1 is 0.241 bits per heavy atom. The maximum Gasteiger partial charge on any atom is 0.184 e. The highest BCUT2D eigenvalue weighted by atomic mass is 16.1. The second-order valence-electron chi connectivity index (χ2n) is 21.9. The van der Waals surface area contributed by atoms with Crippen LogP contribution in [0.4, 0.5) is 0 Å². The van der Waals surface area contributed by atoms with Crippen LogP contribution in [-0.2, 0) is 46.5 Å². The lowest BCUT2D eigenvalue weighted by molar-refractivity contribution is -0.112. The molecule has 0 aromatic heterocycles. The molecule has 3 heteroatoms. The monoisotopic (exact) mass is 1060 g/mol. The molecule has 79 heavy (non-hydrogen) atoms. The van der Waals surface area contributed by atoms with Crippen LogP contribution < -0.4 is 0 Å². The lowest BCUT2D eigenvalue weighted by Crippen LogP contribution is -2.06. The smallest absolute Gasteiger partial charge is 0.184 e. The maximum atomic E-state index is 12.2. The van der Waals surface area contributed by atoms with Crippen molar-refractivity contribution in [2.45, 2.75) is 253 Å². The number of carbonyl (C=O) groups is 3. The summed E-state index contributed by atoms with van der Waals surface area (Å²) in [6.45, 7) is 62.8. The van der Waals surface area contributed by atoms with Gasteiger partial charge in [0.25, 0.3) is 0 Å². The summed E-state index contributed by atoms with van der Waals surface area (Å²) in [5.74, 6) is 17.3. The molecule has 3 aromatic carbocycles. The van der Waals surface area contributed by atoms with Crippen molar-refractivity contribution in [2.75, 3.05) is 0 Å². The van der Waals surface area contributed by atoms with Crippen molar-refractivity contribution in [3.05, 3.63) is 167 Å². The SMILES string of the molecule is CC#CC.CC#CCC.CC#CCC.CC1=C(C)C(Cc2c(C)c(C)c(C)c(C)c2C)=C(C)C1=O.CCc1c(C)c(C)c(CC2=C(C)C(=O)C(C)=C2C)c(C)c1C.CCc1c(C)c(C)c(CC2=C(C)C(=O)C(C)=C2C)c(C)c1C. The molecule has 0 fully saturated rings. The lowest BCUT2D eigenvalue weighted by Gasteiger charge is -2.21. The van der Waals surface area contributed by atoms with Crippen LogP contribution in [0.25, 0.3) is 0 Å². The van der Waals surface area contributed by atoms with Crippen molar-refractivity contribution in [3.63, 3.8) is 0 Å². The summed E-state index contributed by atoms with van der Waals surface area (Å²) < 4.78 is 0. The van der Waals surface area contributed by atoms with Crippen molar-refractivity contribution in [3.8, 4) is 35.5 Å². The number of ketones is 3. The van der Waals surface area contributed by atoms with E-state index in [-0.39, 0.29) is 17.3 Å². The van der Waals surface area contributed by atoms with Crippen LogP contribution in [0, 0.1) is 126 Å². The number of rotatable bonds is 8. The normalized spacial score (nSPS) is 13.5. The third kappa shape index (κ3) is 16.2. The molecule has 0 aliphatic heterocycles. The Morgan fingerprint density at radius 3 is 0.570 bits per heavy atom. The molecule has 3 aliphatic carbocycles. The molecule has 0 bridgehead atoms. The first-order valence-corrected chi connectivity index (χ1v) is 29.0. The predicted octanol–water partition coefficient (Wildman–Crippen LogP) is 19.4. The molecule has 0 saturated heterocycles. The molecule has 0 saturated carbocycles. The fourth-order valence-electron chi connectivity index (χ4n) is 11.3. The summed E-state index contributed by atoms with van der Waals surface area (Å²) in [4.78, 5) is 36.6. The van der Waals surface area contributed by atoms with Crippen LogP contribution in [0.1, 0.15) is 231 Å². The molecular formula is C76H104O3. The van der Waals surface area contributed by atoms with Gasteiger partial charge in [0.15, 0.2) is 17.3 Å². The predicted molar refractivity (Wildman–Crippen MR) is 346 cm³/mol. The van der Waals surface area contributed by atoms with Gasteiger partial charge in [0.05, 0.1) is 0 Å². The number of hydrogen-bond acceptors (Lipinski definition) is 3. The molecule has 0 unspecified atom stereocenters. The van der Waals surface area contributed by atoms with Crippen LogP contribution in [-0.4, -0.2) is 17.3 Å².